The minimum absolute atomic E-state index is 0.141. The lowest BCUT2D eigenvalue weighted by atomic mass is 10.1. The van der Waals surface area contributed by atoms with Gasteiger partial charge in [-0.2, -0.15) is 0 Å². The van der Waals surface area contributed by atoms with Gasteiger partial charge in [0.1, 0.15) is 0 Å². The zero-order valence-corrected chi connectivity index (χ0v) is 12.2. The molecule has 2 unspecified atom stereocenters. The Morgan fingerprint density at radius 1 is 1.48 bits per heavy atom. The van der Waals surface area contributed by atoms with Crippen LogP contribution in [0.1, 0.15) is 25.3 Å². The van der Waals surface area contributed by atoms with Gasteiger partial charge in [-0.3, -0.25) is 14.5 Å². The molecule has 2 rings (SSSR count). The van der Waals surface area contributed by atoms with Gasteiger partial charge in [0.2, 0.25) is 11.8 Å². The van der Waals surface area contributed by atoms with Crippen LogP contribution in [0.4, 0.5) is 5.69 Å². The standard InChI is InChI=1S/C15H22N4O2/c1-10(19-7-3-6-13(19)14(17)20)15(21)18-12-5-2-4-11(8-12)9-16/h2,4-5,8,10,13H,3,6-7,9,16H2,1H3,(H2,17,20)(H,18,21). The van der Waals surface area contributed by atoms with E-state index in [0.29, 0.717) is 18.8 Å². The van der Waals surface area contributed by atoms with E-state index in [1.54, 1.807) is 6.92 Å². The number of anilines is 1. The first-order chi connectivity index (χ1) is 10.0. The maximum absolute atomic E-state index is 12.3. The number of hydrogen-bond acceptors (Lipinski definition) is 4. The van der Waals surface area contributed by atoms with Gasteiger partial charge in [0.15, 0.2) is 0 Å². The predicted molar refractivity (Wildman–Crippen MR) is 81.3 cm³/mol. The molecule has 1 aliphatic rings. The van der Waals surface area contributed by atoms with Gasteiger partial charge in [-0.05, 0) is 44.0 Å². The smallest absolute Gasteiger partial charge is 0.241 e. The Bertz CT molecular complexity index is 532. The van der Waals surface area contributed by atoms with E-state index in [-0.39, 0.29) is 17.9 Å². The third-order valence-electron chi connectivity index (χ3n) is 3.93. The van der Waals surface area contributed by atoms with E-state index < -0.39 is 6.04 Å². The number of nitrogens with one attached hydrogen (secondary N) is 1. The van der Waals surface area contributed by atoms with Crippen molar-refractivity contribution < 1.29 is 9.59 Å². The number of benzene rings is 1. The van der Waals surface area contributed by atoms with Gasteiger partial charge in [0, 0.05) is 12.2 Å². The molecule has 2 amide bonds. The molecule has 1 aromatic rings. The monoisotopic (exact) mass is 290 g/mol. The molecule has 1 heterocycles. The number of carbonyl (C=O) groups is 2. The van der Waals surface area contributed by atoms with E-state index >= 15 is 0 Å². The highest BCUT2D eigenvalue weighted by atomic mass is 16.2. The Morgan fingerprint density at radius 3 is 2.90 bits per heavy atom. The molecule has 1 fully saturated rings. The van der Waals surface area contributed by atoms with Crippen molar-refractivity contribution in [3.8, 4) is 0 Å². The van der Waals surface area contributed by atoms with E-state index in [2.05, 4.69) is 5.32 Å². The summed E-state index contributed by atoms with van der Waals surface area (Å²) in [6, 6.07) is 6.68. The normalized spacial score (nSPS) is 20.2. The average molecular weight is 290 g/mol. The van der Waals surface area contributed by atoms with Crippen molar-refractivity contribution >= 4 is 17.5 Å². The topological polar surface area (TPSA) is 101 Å². The van der Waals surface area contributed by atoms with E-state index in [9.17, 15) is 9.59 Å². The number of amides is 2. The molecule has 5 N–H and O–H groups in total. The average Bonchev–Trinajstić information content (AvgIpc) is 2.96. The summed E-state index contributed by atoms with van der Waals surface area (Å²) in [7, 11) is 0. The van der Waals surface area contributed by atoms with Crippen LogP contribution in [0.3, 0.4) is 0 Å². The van der Waals surface area contributed by atoms with Crippen molar-refractivity contribution in [3.05, 3.63) is 29.8 Å². The summed E-state index contributed by atoms with van der Waals surface area (Å²) in [5.74, 6) is -0.505. The van der Waals surface area contributed by atoms with Crippen molar-refractivity contribution in [2.24, 2.45) is 11.5 Å². The molecular weight excluding hydrogens is 268 g/mol. The molecule has 0 aromatic heterocycles. The highest BCUT2D eigenvalue weighted by Crippen LogP contribution is 2.21. The second-order valence-corrected chi connectivity index (χ2v) is 5.37. The summed E-state index contributed by atoms with van der Waals surface area (Å²) < 4.78 is 0. The molecule has 6 heteroatoms. The molecule has 0 saturated carbocycles. The van der Waals surface area contributed by atoms with Gasteiger partial charge >= 0.3 is 0 Å². The number of primary amides is 1. The van der Waals surface area contributed by atoms with Crippen molar-refractivity contribution in [2.45, 2.75) is 38.4 Å². The zero-order chi connectivity index (χ0) is 15.4. The molecule has 1 aromatic carbocycles. The summed E-state index contributed by atoms with van der Waals surface area (Å²) in [6.45, 7) is 2.93. The first kappa shape index (κ1) is 15.5. The molecule has 1 aliphatic heterocycles. The van der Waals surface area contributed by atoms with E-state index in [0.717, 1.165) is 18.4 Å². The summed E-state index contributed by atoms with van der Waals surface area (Å²) in [5, 5.41) is 2.86. The molecule has 0 radical (unpaired) electrons. The maximum atomic E-state index is 12.3. The Morgan fingerprint density at radius 2 is 2.24 bits per heavy atom. The number of carbonyl (C=O) groups excluding carboxylic acids is 2. The van der Waals surface area contributed by atoms with E-state index in [4.69, 9.17) is 11.5 Å². The van der Waals surface area contributed by atoms with Crippen molar-refractivity contribution in [1.29, 1.82) is 0 Å². The fraction of sp³-hybridized carbons (Fsp3) is 0.467. The van der Waals surface area contributed by atoms with Gasteiger partial charge in [-0.25, -0.2) is 0 Å². The Labute approximate surface area is 124 Å². The summed E-state index contributed by atoms with van der Waals surface area (Å²) in [4.78, 5) is 25.6. The zero-order valence-electron chi connectivity index (χ0n) is 12.2. The van der Waals surface area contributed by atoms with Crippen LogP contribution >= 0.6 is 0 Å². The quantitative estimate of drug-likeness (QED) is 0.731. The molecule has 6 nitrogen and oxygen atoms in total. The number of rotatable bonds is 5. The lowest BCUT2D eigenvalue weighted by Gasteiger charge is -2.27. The molecular formula is C15H22N4O2. The molecule has 2 atom stereocenters. The largest absolute Gasteiger partial charge is 0.368 e. The van der Waals surface area contributed by atoms with Crippen LogP contribution in [0.25, 0.3) is 0 Å². The number of nitrogens with zero attached hydrogens (tertiary/aromatic N) is 1. The van der Waals surface area contributed by atoms with E-state index in [1.165, 1.54) is 0 Å². The Kier molecular flexibility index (Phi) is 4.93. The predicted octanol–water partition coefficient (Wildman–Crippen LogP) is 0.422. The lowest BCUT2D eigenvalue weighted by Crippen LogP contribution is -2.49. The van der Waals surface area contributed by atoms with Crippen molar-refractivity contribution in [3.63, 3.8) is 0 Å². The summed E-state index contributed by atoms with van der Waals surface area (Å²) >= 11 is 0. The van der Waals surface area contributed by atoms with Crippen LogP contribution in [-0.4, -0.2) is 35.3 Å². The third-order valence-corrected chi connectivity index (χ3v) is 3.93. The first-order valence-electron chi connectivity index (χ1n) is 7.18. The van der Waals surface area contributed by atoms with E-state index in [1.807, 2.05) is 29.2 Å². The second kappa shape index (κ2) is 6.69. The van der Waals surface area contributed by atoms with Crippen LogP contribution in [0.2, 0.25) is 0 Å². The minimum atomic E-state index is -0.397. The first-order valence-corrected chi connectivity index (χ1v) is 7.18. The van der Waals surface area contributed by atoms with Gasteiger partial charge in [-0.1, -0.05) is 12.1 Å². The van der Waals surface area contributed by atoms with Crippen LogP contribution < -0.4 is 16.8 Å². The third kappa shape index (κ3) is 3.59. The Hall–Kier alpha value is -1.92. The van der Waals surface area contributed by atoms with Gasteiger partial charge in [0.25, 0.3) is 0 Å². The fourth-order valence-electron chi connectivity index (χ4n) is 2.73. The number of nitrogens with two attached hydrogens (primary N) is 2. The summed E-state index contributed by atoms with van der Waals surface area (Å²) in [5.41, 5.74) is 12.6. The number of hydrogen-bond donors (Lipinski definition) is 3. The number of likely N-dealkylation sites (tertiary alicyclic amines) is 1. The maximum Gasteiger partial charge on any atom is 0.241 e. The molecule has 0 bridgehead atoms. The van der Waals surface area contributed by atoms with Gasteiger partial charge < -0.3 is 16.8 Å². The van der Waals surface area contributed by atoms with Crippen LogP contribution in [0.5, 0.6) is 0 Å². The lowest BCUT2D eigenvalue weighted by molar-refractivity contribution is -0.126. The summed E-state index contributed by atoms with van der Waals surface area (Å²) in [6.07, 6.45) is 1.60. The second-order valence-electron chi connectivity index (χ2n) is 5.37. The Balaban J connectivity index is 2.03. The van der Waals surface area contributed by atoms with Crippen molar-refractivity contribution in [2.75, 3.05) is 11.9 Å². The SMILES string of the molecule is CC(C(=O)Nc1cccc(CN)c1)N1CCCC1C(N)=O. The van der Waals surface area contributed by atoms with Gasteiger partial charge in [-0.15, -0.1) is 0 Å². The van der Waals surface area contributed by atoms with Crippen LogP contribution in [0.15, 0.2) is 24.3 Å². The van der Waals surface area contributed by atoms with Crippen molar-refractivity contribution in [1.82, 2.24) is 4.90 Å². The highest BCUT2D eigenvalue weighted by Gasteiger charge is 2.35. The molecule has 114 valence electrons. The fourth-order valence-corrected chi connectivity index (χ4v) is 2.73. The minimum Gasteiger partial charge on any atom is -0.368 e. The van der Waals surface area contributed by atoms with Gasteiger partial charge in [0.05, 0.1) is 12.1 Å². The molecule has 0 aliphatic carbocycles. The van der Waals surface area contributed by atoms with Crippen LogP contribution in [-0.2, 0) is 16.1 Å². The molecule has 0 spiro atoms. The molecule has 1 saturated heterocycles. The highest BCUT2D eigenvalue weighted by molar-refractivity contribution is 5.95. The molecule has 21 heavy (non-hydrogen) atoms. The van der Waals surface area contributed by atoms with Crippen LogP contribution in [0, 0.1) is 0 Å².